The Balaban J connectivity index is 2.37. The summed E-state index contributed by atoms with van der Waals surface area (Å²) in [5.41, 5.74) is 5.81. The van der Waals surface area contributed by atoms with Gasteiger partial charge in [-0.25, -0.2) is 9.37 Å². The molecule has 2 aromatic rings. The average molecular weight is 333 g/mol. The number of hydrogen-bond donors (Lipinski definition) is 3. The van der Waals surface area contributed by atoms with Crippen molar-refractivity contribution in [3.63, 3.8) is 0 Å². The monoisotopic (exact) mass is 333 g/mol. The molecule has 1 unspecified atom stereocenters. The van der Waals surface area contributed by atoms with Gasteiger partial charge in [-0.1, -0.05) is 19.8 Å². The number of benzene rings is 1. The van der Waals surface area contributed by atoms with Crippen LogP contribution in [0.25, 0.3) is 10.9 Å². The molecule has 6 nitrogen and oxygen atoms in total. The van der Waals surface area contributed by atoms with E-state index in [1.807, 2.05) is 6.92 Å². The topological polar surface area (TPSA) is 92.9 Å². The summed E-state index contributed by atoms with van der Waals surface area (Å²) < 4.78 is 13.4. The highest BCUT2D eigenvalue weighted by molar-refractivity contribution is 5.90. The molecule has 130 valence electrons. The van der Waals surface area contributed by atoms with Crippen molar-refractivity contribution in [1.82, 2.24) is 15.3 Å². The van der Waals surface area contributed by atoms with Crippen molar-refractivity contribution in [2.24, 2.45) is 0 Å². The van der Waals surface area contributed by atoms with E-state index >= 15 is 0 Å². The minimum absolute atomic E-state index is 0.0768. The van der Waals surface area contributed by atoms with Crippen LogP contribution in [0.1, 0.15) is 40.0 Å². The first-order valence-corrected chi connectivity index (χ1v) is 8.08. The number of carbonyl (C=O) groups excluding carboxylic acids is 1. The summed E-state index contributed by atoms with van der Waals surface area (Å²) >= 11 is 0. The van der Waals surface area contributed by atoms with Crippen molar-refractivity contribution in [2.75, 3.05) is 17.6 Å². The van der Waals surface area contributed by atoms with Gasteiger partial charge in [0.25, 0.3) is 0 Å². The van der Waals surface area contributed by atoms with Crippen molar-refractivity contribution in [1.29, 1.82) is 0 Å². The first kappa shape index (κ1) is 17.9. The summed E-state index contributed by atoms with van der Waals surface area (Å²) in [4.78, 5) is 19.6. The van der Waals surface area contributed by atoms with Crippen LogP contribution >= 0.6 is 0 Å². The van der Waals surface area contributed by atoms with Gasteiger partial charge in [0.2, 0.25) is 11.9 Å². The second-order valence-electron chi connectivity index (χ2n) is 6.29. The number of hydrogen-bond acceptors (Lipinski definition) is 5. The molecule has 1 amide bonds. The molecule has 1 aromatic heterocycles. The smallest absolute Gasteiger partial charge is 0.222 e. The number of nitrogens with two attached hydrogens (primary N) is 1. The van der Waals surface area contributed by atoms with E-state index in [9.17, 15) is 9.18 Å². The molecule has 0 aliphatic heterocycles. The predicted molar refractivity (Wildman–Crippen MR) is 94.1 cm³/mol. The van der Waals surface area contributed by atoms with Crippen LogP contribution in [0.3, 0.4) is 0 Å². The third-order valence-corrected chi connectivity index (χ3v) is 3.91. The quantitative estimate of drug-likeness (QED) is 0.724. The maximum atomic E-state index is 13.4. The zero-order valence-corrected chi connectivity index (χ0v) is 14.3. The minimum atomic E-state index is -0.399. The van der Waals surface area contributed by atoms with Crippen molar-refractivity contribution in [3.05, 3.63) is 24.0 Å². The van der Waals surface area contributed by atoms with Gasteiger partial charge < -0.3 is 16.4 Å². The lowest BCUT2D eigenvalue weighted by Gasteiger charge is -2.32. The fraction of sp³-hybridized carbons (Fsp3) is 0.471. The van der Waals surface area contributed by atoms with E-state index < -0.39 is 5.54 Å². The first-order valence-electron chi connectivity index (χ1n) is 8.08. The van der Waals surface area contributed by atoms with Gasteiger partial charge in [0.15, 0.2) is 0 Å². The van der Waals surface area contributed by atoms with Crippen molar-refractivity contribution < 1.29 is 9.18 Å². The lowest BCUT2D eigenvalue weighted by atomic mass is 9.94. The zero-order chi connectivity index (χ0) is 17.7. The van der Waals surface area contributed by atoms with Crippen LogP contribution in [0, 0.1) is 5.82 Å². The fourth-order valence-corrected chi connectivity index (χ4v) is 2.58. The maximum Gasteiger partial charge on any atom is 0.222 e. The number of halogens is 1. The number of fused-ring (bicyclic) bond motifs is 1. The van der Waals surface area contributed by atoms with E-state index in [1.165, 1.54) is 19.1 Å². The van der Waals surface area contributed by atoms with Crippen LogP contribution in [-0.4, -0.2) is 28.0 Å². The number of nitrogens with one attached hydrogen (secondary N) is 2. The minimum Gasteiger partial charge on any atom is -0.368 e. The molecule has 2 rings (SSSR count). The first-order chi connectivity index (χ1) is 11.3. The lowest BCUT2D eigenvalue weighted by Crippen LogP contribution is -2.46. The van der Waals surface area contributed by atoms with Crippen LogP contribution in [0.2, 0.25) is 0 Å². The molecule has 4 N–H and O–H groups in total. The second-order valence-corrected chi connectivity index (χ2v) is 6.29. The summed E-state index contributed by atoms with van der Waals surface area (Å²) in [5, 5.41) is 6.92. The molecule has 0 bridgehead atoms. The summed E-state index contributed by atoms with van der Waals surface area (Å²) in [6.07, 6.45) is 2.88. The Morgan fingerprint density at radius 2 is 2.12 bits per heavy atom. The fourth-order valence-electron chi connectivity index (χ4n) is 2.58. The summed E-state index contributed by atoms with van der Waals surface area (Å²) in [7, 11) is 0. The third-order valence-electron chi connectivity index (χ3n) is 3.91. The van der Waals surface area contributed by atoms with E-state index in [2.05, 4.69) is 27.5 Å². The van der Waals surface area contributed by atoms with Crippen LogP contribution in [-0.2, 0) is 4.79 Å². The average Bonchev–Trinajstić information content (AvgIpc) is 2.50. The molecular weight excluding hydrogens is 309 g/mol. The molecule has 7 heteroatoms. The number of amides is 1. The predicted octanol–water partition coefficient (Wildman–Crippen LogP) is 2.85. The molecule has 0 fully saturated rings. The summed E-state index contributed by atoms with van der Waals surface area (Å²) in [6, 6.07) is 4.32. The Morgan fingerprint density at radius 1 is 1.38 bits per heavy atom. The largest absolute Gasteiger partial charge is 0.368 e. The molecular formula is C17H24FN5O. The van der Waals surface area contributed by atoms with Gasteiger partial charge >= 0.3 is 0 Å². The van der Waals surface area contributed by atoms with Crippen molar-refractivity contribution in [3.8, 4) is 0 Å². The molecule has 0 saturated heterocycles. The van der Waals surface area contributed by atoms with E-state index in [1.54, 1.807) is 6.07 Å². The molecule has 1 atom stereocenters. The Labute approximate surface area is 141 Å². The highest BCUT2D eigenvalue weighted by Crippen LogP contribution is 2.26. The van der Waals surface area contributed by atoms with Crippen LogP contribution in [0.15, 0.2) is 18.2 Å². The molecule has 0 saturated carbocycles. The highest BCUT2D eigenvalue weighted by Gasteiger charge is 2.25. The van der Waals surface area contributed by atoms with Crippen LogP contribution in [0.5, 0.6) is 0 Å². The van der Waals surface area contributed by atoms with Gasteiger partial charge in [0.05, 0.1) is 11.1 Å². The van der Waals surface area contributed by atoms with E-state index in [0.29, 0.717) is 23.3 Å². The van der Waals surface area contributed by atoms with E-state index in [-0.39, 0.29) is 17.7 Å². The standard InChI is InChI=1S/C17H24FN5O/c1-4-5-8-17(3,10-20-11(2)24)23-15-13-7-6-12(18)9-14(13)21-16(19)22-15/h6-7,9H,4-5,8,10H2,1-3H3,(H,20,24)(H3,19,21,22,23). The maximum absolute atomic E-state index is 13.4. The molecule has 24 heavy (non-hydrogen) atoms. The van der Waals surface area contributed by atoms with E-state index in [0.717, 1.165) is 19.3 Å². The molecule has 0 radical (unpaired) electrons. The number of rotatable bonds is 7. The Bertz CT molecular complexity index is 731. The molecule has 0 aliphatic rings. The Kier molecular flexibility index (Phi) is 5.54. The van der Waals surface area contributed by atoms with Gasteiger partial charge in [-0.05, 0) is 25.5 Å². The molecule has 1 heterocycles. The normalized spacial score (nSPS) is 13.5. The van der Waals surface area contributed by atoms with Crippen molar-refractivity contribution >= 4 is 28.6 Å². The Hall–Kier alpha value is -2.44. The molecule has 0 spiro atoms. The van der Waals surface area contributed by atoms with Crippen molar-refractivity contribution in [2.45, 2.75) is 45.6 Å². The number of carbonyl (C=O) groups is 1. The summed E-state index contributed by atoms with van der Waals surface area (Å²) in [5.74, 6) is 0.154. The molecule has 0 aliphatic carbocycles. The van der Waals surface area contributed by atoms with Gasteiger partial charge in [-0.15, -0.1) is 0 Å². The number of anilines is 2. The number of nitrogen functional groups attached to an aromatic ring is 1. The zero-order valence-electron chi connectivity index (χ0n) is 14.3. The highest BCUT2D eigenvalue weighted by atomic mass is 19.1. The SMILES string of the molecule is CCCCC(C)(CNC(C)=O)Nc1nc(N)nc2cc(F)ccc12. The second kappa shape index (κ2) is 7.42. The van der Waals surface area contributed by atoms with Crippen LogP contribution in [0.4, 0.5) is 16.2 Å². The van der Waals surface area contributed by atoms with Gasteiger partial charge in [-0.3, -0.25) is 4.79 Å². The number of aromatic nitrogens is 2. The lowest BCUT2D eigenvalue weighted by molar-refractivity contribution is -0.119. The molecule has 1 aromatic carbocycles. The van der Waals surface area contributed by atoms with Gasteiger partial charge in [-0.2, -0.15) is 4.98 Å². The van der Waals surface area contributed by atoms with Gasteiger partial charge in [0.1, 0.15) is 11.6 Å². The Morgan fingerprint density at radius 3 is 2.79 bits per heavy atom. The number of unbranched alkanes of at least 4 members (excludes halogenated alkanes) is 1. The third kappa shape index (κ3) is 4.53. The van der Waals surface area contributed by atoms with Gasteiger partial charge in [0, 0.05) is 24.9 Å². The van der Waals surface area contributed by atoms with E-state index in [4.69, 9.17) is 5.73 Å². The number of nitrogens with zero attached hydrogens (tertiary/aromatic N) is 2. The van der Waals surface area contributed by atoms with Crippen LogP contribution < -0.4 is 16.4 Å². The summed E-state index contributed by atoms with van der Waals surface area (Å²) in [6.45, 7) is 6.07.